The normalized spacial score (nSPS) is 10.3. The van der Waals surface area contributed by atoms with Gasteiger partial charge in [-0.25, -0.2) is 0 Å². The van der Waals surface area contributed by atoms with Crippen LogP contribution in [0.15, 0.2) is 41.0 Å². The molecule has 1 aromatic carbocycles. The van der Waals surface area contributed by atoms with Crippen LogP contribution >= 0.6 is 15.9 Å². The van der Waals surface area contributed by atoms with E-state index < -0.39 is 4.92 Å². The van der Waals surface area contributed by atoms with Gasteiger partial charge in [0.1, 0.15) is 0 Å². The van der Waals surface area contributed by atoms with E-state index >= 15 is 0 Å². The Kier molecular flexibility index (Phi) is 4.19. The molecule has 6 nitrogen and oxygen atoms in total. The summed E-state index contributed by atoms with van der Waals surface area (Å²) in [5.41, 5.74) is 0.309. The summed E-state index contributed by atoms with van der Waals surface area (Å²) in [5, 5.41) is 10.9. The third-order valence-electron chi connectivity index (χ3n) is 2.71. The lowest BCUT2D eigenvalue weighted by atomic mass is 10.3. The number of ketones is 1. The van der Waals surface area contributed by atoms with Crippen molar-refractivity contribution in [2.75, 3.05) is 6.61 Å². The summed E-state index contributed by atoms with van der Waals surface area (Å²) in [7, 11) is 1.75. The maximum Gasteiger partial charge on any atom is 0.312 e. The minimum Gasteiger partial charge on any atom is -0.478 e. The number of carbonyl (C=O) groups is 1. The Morgan fingerprint density at radius 2 is 2.20 bits per heavy atom. The molecule has 0 N–H and O–H groups in total. The highest BCUT2D eigenvalue weighted by molar-refractivity contribution is 9.10. The molecule has 104 valence electrons. The van der Waals surface area contributed by atoms with Crippen molar-refractivity contribution < 1.29 is 14.5 Å². The first kappa shape index (κ1) is 14.3. The van der Waals surface area contributed by atoms with Crippen molar-refractivity contribution in [1.82, 2.24) is 4.57 Å². The van der Waals surface area contributed by atoms with E-state index in [4.69, 9.17) is 4.74 Å². The number of aryl methyl sites for hydroxylation is 1. The van der Waals surface area contributed by atoms with Crippen LogP contribution in [0, 0.1) is 10.1 Å². The van der Waals surface area contributed by atoms with Crippen LogP contribution in [0.1, 0.15) is 10.5 Å². The summed E-state index contributed by atoms with van der Waals surface area (Å²) in [4.78, 5) is 22.3. The topological polar surface area (TPSA) is 74.4 Å². The molecule has 0 spiro atoms. The van der Waals surface area contributed by atoms with E-state index in [0.29, 0.717) is 10.2 Å². The molecule has 0 aliphatic rings. The fourth-order valence-electron chi connectivity index (χ4n) is 1.72. The van der Waals surface area contributed by atoms with Crippen LogP contribution in [-0.4, -0.2) is 21.9 Å². The Hall–Kier alpha value is -2.15. The van der Waals surface area contributed by atoms with Gasteiger partial charge in [0.2, 0.25) is 5.78 Å². The number of nitro groups is 1. The Morgan fingerprint density at radius 3 is 2.80 bits per heavy atom. The molecule has 7 heteroatoms. The number of benzene rings is 1. The van der Waals surface area contributed by atoms with Gasteiger partial charge in [0, 0.05) is 23.8 Å². The number of hydrogen-bond donors (Lipinski definition) is 0. The Bertz CT molecular complexity index is 666. The van der Waals surface area contributed by atoms with Gasteiger partial charge in [0.15, 0.2) is 12.4 Å². The van der Waals surface area contributed by atoms with Gasteiger partial charge in [0.05, 0.1) is 10.6 Å². The first-order valence-corrected chi connectivity index (χ1v) is 6.49. The fourth-order valence-corrected chi connectivity index (χ4v) is 2.07. The molecule has 0 atom stereocenters. The zero-order chi connectivity index (χ0) is 14.7. The maximum absolute atomic E-state index is 11.9. The second-order valence-corrected chi connectivity index (χ2v) is 5.00. The molecule has 0 unspecified atom stereocenters. The zero-order valence-electron chi connectivity index (χ0n) is 10.6. The van der Waals surface area contributed by atoms with Gasteiger partial charge in [-0.1, -0.05) is 15.9 Å². The van der Waals surface area contributed by atoms with E-state index in [2.05, 4.69) is 15.9 Å². The predicted molar refractivity (Wildman–Crippen MR) is 76.0 cm³/mol. The number of aromatic nitrogens is 1. The highest BCUT2D eigenvalue weighted by Crippen LogP contribution is 2.30. The Labute approximate surface area is 123 Å². The van der Waals surface area contributed by atoms with Crippen LogP contribution in [0.2, 0.25) is 0 Å². The first-order chi connectivity index (χ1) is 9.49. The maximum atomic E-state index is 11.9. The summed E-state index contributed by atoms with van der Waals surface area (Å²) >= 11 is 3.16. The average Bonchev–Trinajstić information content (AvgIpc) is 2.83. The number of nitrogens with zero attached hydrogens (tertiary/aromatic N) is 2. The van der Waals surface area contributed by atoms with Crippen molar-refractivity contribution in [3.63, 3.8) is 0 Å². The summed E-state index contributed by atoms with van der Waals surface area (Å²) in [6.45, 7) is -0.250. The number of nitro benzene ring substituents is 1. The van der Waals surface area contributed by atoms with Crippen molar-refractivity contribution in [3.05, 3.63) is 56.8 Å². The SMILES string of the molecule is Cn1cccc1C(=O)COc1ccc(Br)cc1[N+](=O)[O-]. The molecule has 2 aromatic rings. The van der Waals surface area contributed by atoms with Gasteiger partial charge in [-0.3, -0.25) is 14.9 Å². The minimum absolute atomic E-state index is 0.0701. The number of rotatable bonds is 5. The lowest BCUT2D eigenvalue weighted by Gasteiger charge is -2.07. The highest BCUT2D eigenvalue weighted by Gasteiger charge is 2.17. The van der Waals surface area contributed by atoms with Gasteiger partial charge >= 0.3 is 5.69 Å². The third kappa shape index (κ3) is 3.05. The van der Waals surface area contributed by atoms with Crippen LogP contribution < -0.4 is 4.74 Å². The largest absolute Gasteiger partial charge is 0.478 e. The van der Waals surface area contributed by atoms with Gasteiger partial charge in [-0.05, 0) is 24.3 Å². The summed E-state index contributed by atoms with van der Waals surface area (Å²) in [5.74, 6) is -0.171. The molecule has 0 fully saturated rings. The first-order valence-electron chi connectivity index (χ1n) is 5.70. The molecule has 2 rings (SSSR count). The molecule has 0 amide bonds. The molecule has 0 bridgehead atoms. The molecule has 0 saturated heterocycles. The van der Waals surface area contributed by atoms with Crippen molar-refractivity contribution in [1.29, 1.82) is 0 Å². The summed E-state index contributed by atoms with van der Waals surface area (Å²) in [6.07, 6.45) is 1.75. The molecule has 20 heavy (non-hydrogen) atoms. The number of hydrogen-bond acceptors (Lipinski definition) is 4. The molecule has 1 heterocycles. The van der Waals surface area contributed by atoms with Crippen LogP contribution in [0.5, 0.6) is 5.75 Å². The monoisotopic (exact) mass is 338 g/mol. The van der Waals surface area contributed by atoms with Gasteiger partial charge in [-0.15, -0.1) is 0 Å². The third-order valence-corrected chi connectivity index (χ3v) is 3.20. The van der Waals surface area contributed by atoms with Crippen molar-refractivity contribution in [3.8, 4) is 5.75 Å². The molecule has 0 aliphatic carbocycles. The standard InChI is InChI=1S/C13H11BrN2O4/c1-15-6-2-3-10(15)12(17)8-20-13-5-4-9(14)7-11(13)16(18)19/h2-7H,8H2,1H3. The highest BCUT2D eigenvalue weighted by atomic mass is 79.9. The summed E-state index contributed by atoms with van der Waals surface area (Å²) < 4.78 is 7.51. The smallest absolute Gasteiger partial charge is 0.312 e. The number of halogens is 1. The summed E-state index contributed by atoms with van der Waals surface area (Å²) in [6, 6.07) is 7.83. The van der Waals surface area contributed by atoms with E-state index in [-0.39, 0.29) is 23.8 Å². The van der Waals surface area contributed by atoms with Gasteiger partial charge in [0.25, 0.3) is 0 Å². The lowest BCUT2D eigenvalue weighted by molar-refractivity contribution is -0.385. The van der Waals surface area contributed by atoms with Crippen LogP contribution in [0.25, 0.3) is 0 Å². The molecule has 0 aliphatic heterocycles. The van der Waals surface area contributed by atoms with Crippen LogP contribution in [-0.2, 0) is 7.05 Å². The molecular weight excluding hydrogens is 328 g/mol. The quantitative estimate of drug-likeness (QED) is 0.477. The second-order valence-electron chi connectivity index (χ2n) is 4.09. The molecule has 0 saturated carbocycles. The number of Topliss-reactive ketones (excluding diaryl/α,β-unsaturated/α-hetero) is 1. The Balaban J connectivity index is 2.14. The van der Waals surface area contributed by atoms with Crippen molar-refractivity contribution in [2.24, 2.45) is 7.05 Å². The lowest BCUT2D eigenvalue weighted by Crippen LogP contribution is -2.15. The molecule has 0 radical (unpaired) electrons. The van der Waals surface area contributed by atoms with E-state index in [9.17, 15) is 14.9 Å². The van der Waals surface area contributed by atoms with E-state index in [1.54, 1.807) is 36.0 Å². The molecule has 1 aromatic heterocycles. The van der Waals surface area contributed by atoms with Crippen LogP contribution in [0.3, 0.4) is 0 Å². The minimum atomic E-state index is -0.549. The average molecular weight is 339 g/mol. The predicted octanol–water partition coefficient (Wildman–Crippen LogP) is 2.96. The number of carbonyl (C=O) groups excluding carboxylic acids is 1. The van der Waals surface area contributed by atoms with E-state index in [1.807, 2.05) is 0 Å². The van der Waals surface area contributed by atoms with Crippen molar-refractivity contribution in [2.45, 2.75) is 0 Å². The van der Waals surface area contributed by atoms with Crippen molar-refractivity contribution >= 4 is 27.4 Å². The zero-order valence-corrected chi connectivity index (χ0v) is 12.2. The number of ether oxygens (including phenoxy) is 1. The fraction of sp³-hybridized carbons (Fsp3) is 0.154. The second kappa shape index (κ2) is 5.87. The van der Waals surface area contributed by atoms with Crippen LogP contribution in [0.4, 0.5) is 5.69 Å². The van der Waals surface area contributed by atoms with Gasteiger partial charge < -0.3 is 9.30 Å². The van der Waals surface area contributed by atoms with E-state index in [1.165, 1.54) is 12.1 Å². The molecular formula is C13H11BrN2O4. The van der Waals surface area contributed by atoms with Gasteiger partial charge in [-0.2, -0.15) is 0 Å². The Morgan fingerprint density at radius 1 is 1.45 bits per heavy atom. The van der Waals surface area contributed by atoms with E-state index in [0.717, 1.165) is 0 Å².